The molecule has 1 aromatic rings. The first kappa shape index (κ1) is 15.8. The van der Waals surface area contributed by atoms with Crippen LogP contribution in [0, 0.1) is 0 Å². The van der Waals surface area contributed by atoms with Gasteiger partial charge in [0.05, 0.1) is 11.3 Å². The Labute approximate surface area is 129 Å². The molecule has 0 spiro atoms. The SMILES string of the molecule is CC(C)(O)CN1CCN(c2ccc(CN)cc2Br)CC1. The molecule has 0 atom stereocenters. The lowest BCUT2D eigenvalue weighted by Gasteiger charge is -2.38. The molecule has 0 unspecified atom stereocenters. The summed E-state index contributed by atoms with van der Waals surface area (Å²) >= 11 is 3.64. The van der Waals surface area contributed by atoms with Crippen LogP contribution in [0.5, 0.6) is 0 Å². The van der Waals surface area contributed by atoms with E-state index in [0.717, 1.165) is 42.8 Å². The highest BCUT2D eigenvalue weighted by molar-refractivity contribution is 9.10. The average molecular weight is 342 g/mol. The molecular weight excluding hydrogens is 318 g/mol. The Morgan fingerprint density at radius 2 is 1.90 bits per heavy atom. The lowest BCUT2D eigenvalue weighted by Crippen LogP contribution is -2.50. The Balaban J connectivity index is 1.97. The van der Waals surface area contributed by atoms with Crippen LogP contribution in [0.3, 0.4) is 0 Å². The number of aliphatic hydroxyl groups is 1. The molecule has 1 aliphatic rings. The molecule has 112 valence electrons. The van der Waals surface area contributed by atoms with Crippen LogP contribution in [0.25, 0.3) is 0 Å². The molecule has 0 aromatic heterocycles. The maximum absolute atomic E-state index is 9.88. The van der Waals surface area contributed by atoms with Crippen molar-refractivity contribution in [2.24, 2.45) is 5.73 Å². The van der Waals surface area contributed by atoms with Crippen molar-refractivity contribution in [3.8, 4) is 0 Å². The lowest BCUT2D eigenvalue weighted by atomic mass is 10.1. The van der Waals surface area contributed by atoms with Gasteiger partial charge in [0.15, 0.2) is 0 Å². The number of benzene rings is 1. The lowest BCUT2D eigenvalue weighted by molar-refractivity contribution is 0.0345. The van der Waals surface area contributed by atoms with E-state index in [1.165, 1.54) is 5.69 Å². The molecule has 1 saturated heterocycles. The largest absolute Gasteiger partial charge is 0.389 e. The second-order valence-corrected chi connectivity index (χ2v) is 6.92. The number of β-amino-alcohol motifs (C(OH)–C–C–N with tert-alkyl or cyclic N) is 1. The van der Waals surface area contributed by atoms with Gasteiger partial charge in [0.25, 0.3) is 0 Å². The van der Waals surface area contributed by atoms with Crippen LogP contribution in [0.1, 0.15) is 19.4 Å². The van der Waals surface area contributed by atoms with Crippen LogP contribution < -0.4 is 10.6 Å². The molecular formula is C15H24BrN3O. The molecule has 2 rings (SSSR count). The number of hydrogen-bond donors (Lipinski definition) is 2. The standard InChI is InChI=1S/C15H24BrN3O/c1-15(2,20)11-18-5-7-19(8-6-18)14-4-3-12(10-17)9-13(14)16/h3-4,9,20H,5-8,10-11,17H2,1-2H3. The number of hydrogen-bond acceptors (Lipinski definition) is 4. The van der Waals surface area contributed by atoms with E-state index in [9.17, 15) is 5.11 Å². The van der Waals surface area contributed by atoms with E-state index in [1.54, 1.807) is 0 Å². The van der Waals surface area contributed by atoms with E-state index < -0.39 is 5.60 Å². The van der Waals surface area contributed by atoms with E-state index in [4.69, 9.17) is 5.73 Å². The summed E-state index contributed by atoms with van der Waals surface area (Å²) in [6.45, 7) is 8.95. The van der Waals surface area contributed by atoms with Crippen LogP contribution >= 0.6 is 15.9 Å². The number of piperazine rings is 1. The van der Waals surface area contributed by atoms with Gasteiger partial charge in [0, 0.05) is 43.7 Å². The zero-order valence-electron chi connectivity index (χ0n) is 12.3. The summed E-state index contributed by atoms with van der Waals surface area (Å²) < 4.78 is 1.11. The second kappa shape index (κ2) is 6.43. The minimum Gasteiger partial charge on any atom is -0.389 e. The minimum absolute atomic E-state index is 0.568. The third kappa shape index (κ3) is 4.19. The topological polar surface area (TPSA) is 52.7 Å². The highest BCUT2D eigenvalue weighted by atomic mass is 79.9. The first-order chi connectivity index (χ1) is 9.39. The summed E-state index contributed by atoms with van der Waals surface area (Å²) in [6, 6.07) is 6.32. The van der Waals surface area contributed by atoms with E-state index in [2.05, 4.69) is 43.9 Å². The molecule has 1 fully saturated rings. The predicted octanol–water partition coefficient (Wildman–Crippen LogP) is 1.80. The van der Waals surface area contributed by atoms with Crippen LogP contribution in [0.15, 0.2) is 22.7 Å². The number of nitrogens with zero attached hydrogens (tertiary/aromatic N) is 2. The molecule has 4 nitrogen and oxygen atoms in total. The Kier molecular flexibility index (Phi) is 5.07. The highest BCUT2D eigenvalue weighted by Gasteiger charge is 2.23. The monoisotopic (exact) mass is 341 g/mol. The minimum atomic E-state index is -0.620. The molecule has 20 heavy (non-hydrogen) atoms. The molecule has 0 aliphatic carbocycles. The van der Waals surface area contributed by atoms with Gasteiger partial charge in [-0.15, -0.1) is 0 Å². The number of halogens is 1. The third-order valence-corrected chi connectivity index (χ3v) is 4.21. The van der Waals surface area contributed by atoms with Gasteiger partial charge in [-0.3, -0.25) is 4.90 Å². The van der Waals surface area contributed by atoms with Crippen LogP contribution in [-0.2, 0) is 6.54 Å². The number of anilines is 1. The van der Waals surface area contributed by atoms with Gasteiger partial charge in [-0.1, -0.05) is 6.07 Å². The van der Waals surface area contributed by atoms with Gasteiger partial charge in [-0.25, -0.2) is 0 Å². The second-order valence-electron chi connectivity index (χ2n) is 6.07. The number of nitrogens with two attached hydrogens (primary N) is 1. The van der Waals surface area contributed by atoms with Gasteiger partial charge < -0.3 is 15.7 Å². The van der Waals surface area contributed by atoms with Gasteiger partial charge >= 0.3 is 0 Å². The third-order valence-electron chi connectivity index (χ3n) is 3.57. The normalized spacial score (nSPS) is 17.6. The van der Waals surface area contributed by atoms with Crippen molar-refractivity contribution in [2.75, 3.05) is 37.6 Å². The van der Waals surface area contributed by atoms with Crippen molar-refractivity contribution in [3.63, 3.8) is 0 Å². The molecule has 1 heterocycles. The molecule has 1 aromatic carbocycles. The zero-order valence-corrected chi connectivity index (χ0v) is 13.9. The van der Waals surface area contributed by atoms with Crippen molar-refractivity contribution in [1.82, 2.24) is 4.90 Å². The van der Waals surface area contributed by atoms with Crippen molar-refractivity contribution >= 4 is 21.6 Å². The fraction of sp³-hybridized carbons (Fsp3) is 0.600. The molecule has 0 radical (unpaired) electrons. The summed E-state index contributed by atoms with van der Waals surface area (Å²) in [5.41, 5.74) is 7.41. The highest BCUT2D eigenvalue weighted by Crippen LogP contribution is 2.28. The van der Waals surface area contributed by atoms with Crippen molar-refractivity contribution < 1.29 is 5.11 Å². The van der Waals surface area contributed by atoms with Crippen LogP contribution in [0.4, 0.5) is 5.69 Å². The summed E-state index contributed by atoms with van der Waals surface area (Å²) in [5, 5.41) is 9.88. The van der Waals surface area contributed by atoms with Crippen molar-refractivity contribution in [2.45, 2.75) is 26.0 Å². The molecule has 5 heteroatoms. The fourth-order valence-electron chi connectivity index (χ4n) is 2.63. The van der Waals surface area contributed by atoms with Crippen molar-refractivity contribution in [1.29, 1.82) is 0 Å². The molecule has 1 aliphatic heterocycles. The first-order valence-corrected chi connectivity index (χ1v) is 7.86. The summed E-state index contributed by atoms with van der Waals surface area (Å²) in [6.07, 6.45) is 0. The predicted molar refractivity (Wildman–Crippen MR) is 87.0 cm³/mol. The Bertz CT molecular complexity index is 451. The average Bonchev–Trinajstić information content (AvgIpc) is 2.38. The fourth-order valence-corrected chi connectivity index (χ4v) is 3.30. The summed E-state index contributed by atoms with van der Waals surface area (Å²) in [4.78, 5) is 4.70. The smallest absolute Gasteiger partial charge is 0.0718 e. The van der Waals surface area contributed by atoms with Gasteiger partial charge in [-0.05, 0) is 47.5 Å². The molecule has 3 N–H and O–H groups in total. The summed E-state index contributed by atoms with van der Waals surface area (Å²) in [5.74, 6) is 0. The Morgan fingerprint density at radius 3 is 2.40 bits per heavy atom. The quantitative estimate of drug-likeness (QED) is 0.876. The maximum atomic E-state index is 9.88. The molecule has 0 amide bonds. The van der Waals surface area contributed by atoms with E-state index in [0.29, 0.717) is 6.54 Å². The van der Waals surface area contributed by atoms with Crippen molar-refractivity contribution in [3.05, 3.63) is 28.2 Å². The maximum Gasteiger partial charge on any atom is 0.0718 e. The van der Waals surface area contributed by atoms with Gasteiger partial charge in [0.2, 0.25) is 0 Å². The van der Waals surface area contributed by atoms with E-state index in [1.807, 2.05) is 13.8 Å². The van der Waals surface area contributed by atoms with Gasteiger partial charge in [-0.2, -0.15) is 0 Å². The Morgan fingerprint density at radius 1 is 1.25 bits per heavy atom. The van der Waals surface area contributed by atoms with Crippen LogP contribution in [0.2, 0.25) is 0 Å². The van der Waals surface area contributed by atoms with Crippen LogP contribution in [-0.4, -0.2) is 48.3 Å². The van der Waals surface area contributed by atoms with Gasteiger partial charge in [0.1, 0.15) is 0 Å². The molecule has 0 bridgehead atoms. The molecule has 0 saturated carbocycles. The Hall–Kier alpha value is -0.620. The van der Waals surface area contributed by atoms with E-state index in [-0.39, 0.29) is 0 Å². The summed E-state index contributed by atoms with van der Waals surface area (Å²) in [7, 11) is 0. The zero-order chi connectivity index (χ0) is 14.8. The van der Waals surface area contributed by atoms with E-state index >= 15 is 0 Å². The first-order valence-electron chi connectivity index (χ1n) is 7.07. The number of rotatable bonds is 4.